The van der Waals surface area contributed by atoms with E-state index in [1.807, 2.05) is 53.8 Å². The molecule has 0 saturated heterocycles. The molecule has 186 valence electrons. The van der Waals surface area contributed by atoms with E-state index in [-0.39, 0.29) is 0 Å². The van der Waals surface area contributed by atoms with Crippen molar-refractivity contribution in [2.45, 2.75) is 0 Å². The van der Waals surface area contributed by atoms with E-state index in [0.717, 1.165) is 49.8 Å². The number of para-hydroxylation sites is 2. The predicted octanol–water partition coefficient (Wildman–Crippen LogP) is 10.8. The number of hydrogen-bond donors (Lipinski definition) is 0. The molecular weight excluding hydrogens is 506 g/mol. The molecule has 0 aliphatic carbocycles. The zero-order valence-electron chi connectivity index (χ0n) is 21.4. The fraction of sp³-hybridized carbons (Fsp3) is 0. The minimum absolute atomic E-state index is 0.660. The van der Waals surface area contributed by atoms with Crippen LogP contribution in [0.5, 0.6) is 0 Å². The molecule has 8 rings (SSSR count). The number of thiophene rings is 1. The average Bonchev–Trinajstić information content (AvgIpc) is 3.59. The predicted molar refractivity (Wildman–Crippen MR) is 168 cm³/mol. The molecule has 2 aromatic heterocycles. The van der Waals surface area contributed by atoms with Crippen molar-refractivity contribution in [1.82, 2.24) is 0 Å². The van der Waals surface area contributed by atoms with Gasteiger partial charge in [-0.2, -0.15) is 5.26 Å². The number of nitrogens with zero attached hydrogens (tertiary/aromatic N) is 1. The Kier molecular flexibility index (Phi) is 5.10. The summed E-state index contributed by atoms with van der Waals surface area (Å²) in [5.41, 5.74) is 8.75. The zero-order valence-corrected chi connectivity index (χ0v) is 22.2. The minimum atomic E-state index is 0.660. The molecule has 0 amide bonds. The Balaban J connectivity index is 1.44. The van der Waals surface area contributed by atoms with Crippen molar-refractivity contribution in [3.63, 3.8) is 0 Å². The van der Waals surface area contributed by atoms with E-state index >= 15 is 0 Å². The molecule has 0 unspecified atom stereocenters. The van der Waals surface area contributed by atoms with Crippen LogP contribution in [0.15, 0.2) is 132 Å². The van der Waals surface area contributed by atoms with E-state index in [9.17, 15) is 5.26 Å². The Bertz CT molecular complexity index is 2160. The van der Waals surface area contributed by atoms with Gasteiger partial charge >= 0.3 is 0 Å². The van der Waals surface area contributed by atoms with E-state index in [1.165, 1.54) is 25.7 Å². The molecule has 0 saturated carbocycles. The van der Waals surface area contributed by atoms with Gasteiger partial charge in [-0.1, -0.05) is 91.0 Å². The van der Waals surface area contributed by atoms with Crippen molar-refractivity contribution in [2.75, 3.05) is 0 Å². The molecule has 0 aliphatic rings. The number of nitriles is 1. The summed E-state index contributed by atoms with van der Waals surface area (Å²) in [7, 11) is 0. The van der Waals surface area contributed by atoms with Gasteiger partial charge in [-0.3, -0.25) is 0 Å². The maximum atomic E-state index is 9.93. The van der Waals surface area contributed by atoms with Gasteiger partial charge in [0.2, 0.25) is 0 Å². The summed E-state index contributed by atoms with van der Waals surface area (Å²) in [5.74, 6) is 0. The van der Waals surface area contributed by atoms with Crippen molar-refractivity contribution in [3.05, 3.63) is 133 Å². The van der Waals surface area contributed by atoms with Gasteiger partial charge in [0.1, 0.15) is 11.2 Å². The van der Waals surface area contributed by atoms with E-state index in [2.05, 4.69) is 91.0 Å². The Morgan fingerprint density at radius 3 is 1.98 bits per heavy atom. The molecule has 3 heteroatoms. The molecule has 8 aromatic rings. The monoisotopic (exact) mass is 527 g/mol. The number of rotatable bonds is 3. The lowest BCUT2D eigenvalue weighted by Crippen LogP contribution is -1.89. The largest absolute Gasteiger partial charge is 0.455 e. The first kappa shape index (κ1) is 22.8. The Hall–Kier alpha value is -5.17. The first-order valence-corrected chi connectivity index (χ1v) is 14.1. The normalized spacial score (nSPS) is 11.5. The van der Waals surface area contributed by atoms with E-state index in [0.29, 0.717) is 5.56 Å². The number of furan rings is 1. The fourth-order valence-electron chi connectivity index (χ4n) is 5.88. The third-order valence-corrected chi connectivity index (χ3v) is 8.94. The van der Waals surface area contributed by atoms with Crippen molar-refractivity contribution in [1.29, 1.82) is 5.26 Å². The van der Waals surface area contributed by atoms with Crippen LogP contribution in [0, 0.1) is 11.3 Å². The van der Waals surface area contributed by atoms with Gasteiger partial charge in [0.15, 0.2) is 0 Å². The number of benzene rings is 6. The minimum Gasteiger partial charge on any atom is -0.455 e. The highest BCUT2D eigenvalue weighted by atomic mass is 32.1. The summed E-state index contributed by atoms with van der Waals surface area (Å²) >= 11 is 1.83. The lowest BCUT2D eigenvalue weighted by atomic mass is 9.91. The summed E-state index contributed by atoms with van der Waals surface area (Å²) in [5, 5.41) is 14.7. The molecule has 40 heavy (non-hydrogen) atoms. The maximum absolute atomic E-state index is 9.93. The van der Waals surface area contributed by atoms with Crippen molar-refractivity contribution >= 4 is 53.4 Å². The van der Waals surface area contributed by atoms with E-state index in [1.54, 1.807) is 0 Å². The molecular formula is C37H21NOS. The lowest BCUT2D eigenvalue weighted by Gasteiger charge is -2.13. The smallest absolute Gasteiger partial charge is 0.143 e. The molecule has 0 atom stereocenters. The maximum Gasteiger partial charge on any atom is 0.143 e. The Morgan fingerprint density at radius 1 is 0.525 bits per heavy atom. The van der Waals surface area contributed by atoms with Crippen molar-refractivity contribution < 1.29 is 4.42 Å². The molecule has 0 fully saturated rings. The molecule has 0 bridgehead atoms. The quantitative estimate of drug-likeness (QED) is 0.229. The second kappa shape index (κ2) is 8.95. The molecule has 2 heterocycles. The van der Waals surface area contributed by atoms with Gasteiger partial charge in [0, 0.05) is 36.5 Å². The van der Waals surface area contributed by atoms with E-state index < -0.39 is 0 Å². The van der Waals surface area contributed by atoms with Crippen LogP contribution >= 0.6 is 11.3 Å². The van der Waals surface area contributed by atoms with Gasteiger partial charge in [0.25, 0.3) is 0 Å². The zero-order chi connectivity index (χ0) is 26.6. The van der Waals surface area contributed by atoms with Crippen LogP contribution in [0.1, 0.15) is 5.56 Å². The highest BCUT2D eigenvalue weighted by molar-refractivity contribution is 7.26. The molecule has 0 N–H and O–H groups in total. The van der Waals surface area contributed by atoms with E-state index in [4.69, 9.17) is 4.42 Å². The van der Waals surface area contributed by atoms with Crippen LogP contribution in [0.4, 0.5) is 0 Å². The molecule has 0 spiro atoms. The summed E-state index contributed by atoms with van der Waals surface area (Å²) in [6, 6.07) is 46.6. The van der Waals surface area contributed by atoms with Gasteiger partial charge in [-0.05, 0) is 64.2 Å². The Morgan fingerprint density at radius 2 is 1.12 bits per heavy atom. The van der Waals surface area contributed by atoms with Crippen LogP contribution < -0.4 is 0 Å². The third-order valence-electron chi connectivity index (χ3n) is 7.72. The van der Waals surface area contributed by atoms with Crippen molar-refractivity contribution in [3.8, 4) is 39.4 Å². The van der Waals surface area contributed by atoms with Crippen LogP contribution in [0.2, 0.25) is 0 Å². The Labute approximate surface area is 235 Å². The van der Waals surface area contributed by atoms with Gasteiger partial charge in [0.05, 0.1) is 11.6 Å². The average molecular weight is 528 g/mol. The first-order chi connectivity index (χ1) is 19.8. The molecule has 0 radical (unpaired) electrons. The first-order valence-electron chi connectivity index (χ1n) is 13.2. The molecule has 6 aromatic carbocycles. The highest BCUT2D eigenvalue weighted by Crippen LogP contribution is 2.43. The standard InChI is InChI=1S/C37H21NOS/c38-22-23-9-1-2-10-27(23)24-19-25(28-13-7-15-32-30-11-3-5-17-34(30)39-36(28)32)21-26(20-24)29-14-8-16-33-31-12-4-6-18-35(31)40-37(29)33/h1-21H. The summed E-state index contributed by atoms with van der Waals surface area (Å²) in [6.45, 7) is 0. The second-order valence-electron chi connectivity index (χ2n) is 10.0. The molecule has 2 nitrogen and oxygen atoms in total. The summed E-state index contributed by atoms with van der Waals surface area (Å²) in [6.07, 6.45) is 0. The number of fused-ring (bicyclic) bond motifs is 6. The third kappa shape index (κ3) is 3.48. The van der Waals surface area contributed by atoms with Crippen LogP contribution in [-0.4, -0.2) is 0 Å². The topological polar surface area (TPSA) is 36.9 Å². The SMILES string of the molecule is N#Cc1ccccc1-c1cc(-c2cccc3c2oc2ccccc23)cc(-c2cccc3c2sc2ccccc23)c1. The van der Waals surface area contributed by atoms with Gasteiger partial charge in [-0.15, -0.1) is 11.3 Å². The van der Waals surface area contributed by atoms with Crippen LogP contribution in [-0.2, 0) is 0 Å². The summed E-state index contributed by atoms with van der Waals surface area (Å²) < 4.78 is 8.98. The van der Waals surface area contributed by atoms with Gasteiger partial charge in [-0.25, -0.2) is 0 Å². The van der Waals surface area contributed by atoms with Crippen molar-refractivity contribution in [2.24, 2.45) is 0 Å². The van der Waals surface area contributed by atoms with Gasteiger partial charge < -0.3 is 4.42 Å². The second-order valence-corrected chi connectivity index (χ2v) is 11.1. The van der Waals surface area contributed by atoms with Crippen LogP contribution in [0.3, 0.4) is 0 Å². The highest BCUT2D eigenvalue weighted by Gasteiger charge is 2.17. The lowest BCUT2D eigenvalue weighted by molar-refractivity contribution is 0.670. The molecule has 0 aliphatic heterocycles. The summed E-state index contributed by atoms with van der Waals surface area (Å²) in [4.78, 5) is 0. The number of hydrogen-bond acceptors (Lipinski definition) is 3. The fourth-order valence-corrected chi connectivity index (χ4v) is 7.11. The van der Waals surface area contributed by atoms with Crippen LogP contribution in [0.25, 0.3) is 75.5 Å².